The minimum absolute atomic E-state index is 0.0986. The second kappa shape index (κ2) is 6.59. The Morgan fingerprint density at radius 1 is 1.33 bits per heavy atom. The highest BCUT2D eigenvalue weighted by Crippen LogP contribution is 2.26. The average molecular weight is 342 g/mol. The van der Waals surface area contributed by atoms with Crippen LogP contribution in [0.25, 0.3) is 11.3 Å². The van der Waals surface area contributed by atoms with Gasteiger partial charge in [-0.25, -0.2) is 0 Å². The number of nitrogens with zero attached hydrogens (tertiary/aromatic N) is 1. The topological polar surface area (TPSA) is 75.4 Å². The van der Waals surface area contributed by atoms with Crippen LogP contribution in [-0.4, -0.2) is 22.7 Å². The van der Waals surface area contributed by atoms with Crippen LogP contribution in [0.3, 0.4) is 0 Å². The Bertz CT molecular complexity index is 823. The van der Waals surface area contributed by atoms with Gasteiger partial charge in [-0.2, -0.15) is 11.3 Å². The van der Waals surface area contributed by atoms with Gasteiger partial charge < -0.3 is 14.9 Å². The summed E-state index contributed by atoms with van der Waals surface area (Å²) in [6.07, 6.45) is 0. The number of benzene rings is 1. The summed E-state index contributed by atoms with van der Waals surface area (Å²) in [5, 5.41) is 21.1. The molecule has 6 heteroatoms. The lowest BCUT2D eigenvalue weighted by atomic mass is 9.99. The number of thiophene rings is 1. The molecule has 5 nitrogen and oxygen atoms in total. The molecule has 3 aromatic rings. The van der Waals surface area contributed by atoms with Crippen molar-refractivity contribution < 1.29 is 14.4 Å². The third-order valence-corrected chi connectivity index (χ3v) is 4.56. The first-order valence-corrected chi connectivity index (χ1v) is 8.48. The fourth-order valence-corrected chi connectivity index (χ4v) is 3.23. The van der Waals surface area contributed by atoms with Crippen molar-refractivity contribution in [3.05, 3.63) is 64.0 Å². The summed E-state index contributed by atoms with van der Waals surface area (Å²) in [6, 6.07) is 11.2. The van der Waals surface area contributed by atoms with Gasteiger partial charge in [-0.3, -0.25) is 4.79 Å². The van der Waals surface area contributed by atoms with Crippen molar-refractivity contribution in [2.75, 3.05) is 6.54 Å². The van der Waals surface area contributed by atoms with E-state index in [0.29, 0.717) is 17.0 Å². The molecule has 0 spiro atoms. The second-order valence-corrected chi connectivity index (χ2v) is 6.58. The number of amides is 1. The van der Waals surface area contributed by atoms with Gasteiger partial charge in [-0.1, -0.05) is 35.5 Å². The molecule has 2 N–H and O–H groups in total. The van der Waals surface area contributed by atoms with Crippen molar-refractivity contribution in [1.29, 1.82) is 0 Å². The molecule has 0 saturated carbocycles. The molecule has 0 aliphatic rings. The Morgan fingerprint density at radius 3 is 2.75 bits per heavy atom. The lowest BCUT2D eigenvalue weighted by Crippen LogP contribution is -2.38. The van der Waals surface area contributed by atoms with Crippen molar-refractivity contribution in [3.8, 4) is 11.3 Å². The molecule has 0 bridgehead atoms. The molecule has 2 heterocycles. The van der Waals surface area contributed by atoms with E-state index in [1.165, 1.54) is 11.3 Å². The summed E-state index contributed by atoms with van der Waals surface area (Å²) in [6.45, 7) is 3.47. The minimum Gasteiger partial charge on any atom is -0.384 e. The van der Waals surface area contributed by atoms with Crippen molar-refractivity contribution in [2.24, 2.45) is 0 Å². The summed E-state index contributed by atoms with van der Waals surface area (Å²) < 4.78 is 5.20. The van der Waals surface area contributed by atoms with Crippen LogP contribution < -0.4 is 5.32 Å². The summed E-state index contributed by atoms with van der Waals surface area (Å²) in [5.41, 5.74) is 1.35. The number of aromatic nitrogens is 1. The highest BCUT2D eigenvalue weighted by Gasteiger charge is 2.27. The van der Waals surface area contributed by atoms with E-state index in [4.69, 9.17) is 4.52 Å². The monoisotopic (exact) mass is 342 g/mol. The van der Waals surface area contributed by atoms with Crippen LogP contribution in [0.1, 0.15) is 28.6 Å². The van der Waals surface area contributed by atoms with E-state index < -0.39 is 5.60 Å². The molecule has 0 aliphatic carbocycles. The van der Waals surface area contributed by atoms with Crippen LogP contribution in [0.2, 0.25) is 0 Å². The van der Waals surface area contributed by atoms with Crippen LogP contribution in [0.4, 0.5) is 0 Å². The van der Waals surface area contributed by atoms with E-state index in [2.05, 4.69) is 10.5 Å². The molecule has 1 aromatic carbocycles. The maximum atomic E-state index is 12.6. The largest absolute Gasteiger partial charge is 0.384 e. The first-order chi connectivity index (χ1) is 11.5. The van der Waals surface area contributed by atoms with Crippen molar-refractivity contribution in [1.82, 2.24) is 10.5 Å². The summed E-state index contributed by atoms with van der Waals surface area (Å²) in [7, 11) is 0. The van der Waals surface area contributed by atoms with E-state index in [0.717, 1.165) is 11.1 Å². The molecular formula is C18H18N2O3S. The molecule has 3 rings (SSSR count). The van der Waals surface area contributed by atoms with Gasteiger partial charge in [-0.05, 0) is 36.2 Å². The number of hydrogen-bond donors (Lipinski definition) is 2. The lowest BCUT2D eigenvalue weighted by Gasteiger charge is -2.22. The smallest absolute Gasteiger partial charge is 0.257 e. The van der Waals surface area contributed by atoms with E-state index in [1.54, 1.807) is 13.8 Å². The zero-order chi connectivity index (χ0) is 17.2. The van der Waals surface area contributed by atoms with Gasteiger partial charge in [0.15, 0.2) is 0 Å². The number of nitrogens with one attached hydrogen (secondary N) is 1. The zero-order valence-electron chi connectivity index (χ0n) is 13.4. The Hall–Kier alpha value is -2.44. The van der Waals surface area contributed by atoms with E-state index in [1.807, 2.05) is 47.2 Å². The van der Waals surface area contributed by atoms with Crippen LogP contribution in [0.15, 0.2) is 51.7 Å². The SMILES string of the molecule is Cc1onc(-c2ccccc2)c1C(=O)NCC(C)(O)c1ccsc1. The molecule has 124 valence electrons. The molecule has 0 aliphatic heterocycles. The number of carbonyl (C=O) groups excluding carboxylic acids is 1. The molecule has 24 heavy (non-hydrogen) atoms. The number of carbonyl (C=O) groups is 1. The lowest BCUT2D eigenvalue weighted by molar-refractivity contribution is 0.0529. The fourth-order valence-electron chi connectivity index (χ4n) is 2.45. The highest BCUT2D eigenvalue weighted by molar-refractivity contribution is 7.08. The number of hydrogen-bond acceptors (Lipinski definition) is 5. The van der Waals surface area contributed by atoms with Crippen LogP contribution >= 0.6 is 11.3 Å². The quantitative estimate of drug-likeness (QED) is 0.745. The minimum atomic E-state index is -1.13. The van der Waals surface area contributed by atoms with Gasteiger partial charge in [0.25, 0.3) is 5.91 Å². The summed E-state index contributed by atoms with van der Waals surface area (Å²) in [5.74, 6) is 0.129. The Morgan fingerprint density at radius 2 is 2.08 bits per heavy atom. The first kappa shape index (κ1) is 16.4. The second-order valence-electron chi connectivity index (χ2n) is 5.80. The molecule has 0 saturated heterocycles. The molecule has 1 atom stereocenters. The van der Waals surface area contributed by atoms with E-state index in [9.17, 15) is 9.90 Å². The zero-order valence-corrected chi connectivity index (χ0v) is 14.3. The standard InChI is InChI=1S/C18H18N2O3S/c1-12-15(16(20-23-12)13-6-4-3-5-7-13)17(21)19-11-18(2,22)14-8-9-24-10-14/h3-10,22H,11H2,1-2H3,(H,19,21). The molecule has 0 fully saturated rings. The number of aliphatic hydroxyl groups is 1. The summed E-state index contributed by atoms with van der Waals surface area (Å²) >= 11 is 1.50. The van der Waals surface area contributed by atoms with Gasteiger partial charge in [0.2, 0.25) is 0 Å². The number of rotatable bonds is 5. The molecule has 1 amide bonds. The summed E-state index contributed by atoms with van der Waals surface area (Å²) in [4.78, 5) is 12.6. The molecular weight excluding hydrogens is 324 g/mol. The number of aryl methyl sites for hydroxylation is 1. The average Bonchev–Trinajstić information content (AvgIpc) is 3.23. The van der Waals surface area contributed by atoms with Gasteiger partial charge >= 0.3 is 0 Å². The Balaban J connectivity index is 1.80. The Kier molecular flexibility index (Phi) is 4.51. The van der Waals surface area contributed by atoms with Crippen molar-refractivity contribution in [3.63, 3.8) is 0 Å². The molecule has 2 aromatic heterocycles. The van der Waals surface area contributed by atoms with Gasteiger partial charge in [-0.15, -0.1) is 0 Å². The van der Waals surface area contributed by atoms with Gasteiger partial charge in [0.05, 0.1) is 6.54 Å². The third kappa shape index (κ3) is 3.25. The van der Waals surface area contributed by atoms with E-state index in [-0.39, 0.29) is 12.5 Å². The normalized spacial score (nSPS) is 13.5. The van der Waals surface area contributed by atoms with Gasteiger partial charge in [0.1, 0.15) is 22.6 Å². The predicted octanol–water partition coefficient (Wildman–Crippen LogP) is 3.35. The first-order valence-electron chi connectivity index (χ1n) is 7.54. The van der Waals surface area contributed by atoms with Gasteiger partial charge in [0, 0.05) is 5.56 Å². The maximum absolute atomic E-state index is 12.6. The van der Waals surface area contributed by atoms with Crippen LogP contribution in [0.5, 0.6) is 0 Å². The Labute approximate surface area is 143 Å². The maximum Gasteiger partial charge on any atom is 0.257 e. The van der Waals surface area contributed by atoms with E-state index >= 15 is 0 Å². The highest BCUT2D eigenvalue weighted by atomic mass is 32.1. The molecule has 1 unspecified atom stereocenters. The van der Waals surface area contributed by atoms with Crippen molar-refractivity contribution >= 4 is 17.2 Å². The van der Waals surface area contributed by atoms with Crippen LogP contribution in [0, 0.1) is 6.92 Å². The third-order valence-electron chi connectivity index (χ3n) is 3.87. The van der Waals surface area contributed by atoms with Crippen molar-refractivity contribution in [2.45, 2.75) is 19.4 Å². The van der Waals surface area contributed by atoms with Crippen LogP contribution in [-0.2, 0) is 5.60 Å². The molecule has 0 radical (unpaired) electrons. The predicted molar refractivity (Wildman–Crippen MR) is 92.9 cm³/mol. The fraction of sp³-hybridized carbons (Fsp3) is 0.222.